The van der Waals surface area contributed by atoms with Gasteiger partial charge in [0.2, 0.25) is 10.0 Å². The zero-order valence-electron chi connectivity index (χ0n) is 9.09. The summed E-state index contributed by atoms with van der Waals surface area (Å²) in [6, 6.07) is 3.80. The summed E-state index contributed by atoms with van der Waals surface area (Å²) in [7, 11) is -3.27. The maximum Gasteiger partial charge on any atom is 0.293 e. The highest BCUT2D eigenvalue weighted by molar-refractivity contribution is 7.89. The molecular weight excluding hydrogens is 282 g/mol. The van der Waals surface area contributed by atoms with Gasteiger partial charge in [-0.15, -0.1) is 0 Å². The molecule has 9 heteroatoms. The number of benzene rings is 1. The minimum atomic E-state index is -3.27. The molecule has 2 rings (SSSR count). The van der Waals surface area contributed by atoms with E-state index in [2.05, 4.69) is 10.0 Å². The number of rotatable bonds is 3. The van der Waals surface area contributed by atoms with Crippen LogP contribution >= 0.6 is 11.6 Å². The molecule has 0 saturated carbocycles. The normalized spacial score (nSPS) is 21.7. The fourth-order valence-corrected chi connectivity index (χ4v) is 3.17. The van der Waals surface area contributed by atoms with Gasteiger partial charge in [-0.25, -0.2) is 13.1 Å². The Balaban J connectivity index is 2.22. The van der Waals surface area contributed by atoms with E-state index in [-0.39, 0.29) is 28.7 Å². The van der Waals surface area contributed by atoms with E-state index in [1.807, 2.05) is 0 Å². The van der Waals surface area contributed by atoms with Gasteiger partial charge < -0.3 is 5.32 Å². The van der Waals surface area contributed by atoms with Crippen molar-refractivity contribution < 1.29 is 13.3 Å². The Morgan fingerprint density at radius 2 is 2.22 bits per heavy atom. The minimum absolute atomic E-state index is 0.104. The van der Waals surface area contributed by atoms with Gasteiger partial charge in [0.05, 0.1) is 16.7 Å². The van der Waals surface area contributed by atoms with E-state index in [0.717, 1.165) is 0 Å². The van der Waals surface area contributed by atoms with E-state index in [4.69, 9.17) is 11.6 Å². The first kappa shape index (κ1) is 13.1. The predicted octanol–water partition coefficient (Wildman–Crippen LogP) is 0.962. The lowest BCUT2D eigenvalue weighted by molar-refractivity contribution is -0.384. The monoisotopic (exact) mass is 291 g/mol. The Morgan fingerprint density at radius 1 is 1.50 bits per heavy atom. The van der Waals surface area contributed by atoms with Crippen molar-refractivity contribution in [3.05, 3.63) is 33.3 Å². The third-order valence-electron chi connectivity index (χ3n) is 2.49. The Morgan fingerprint density at radius 3 is 2.78 bits per heavy atom. The van der Waals surface area contributed by atoms with Crippen molar-refractivity contribution in [2.45, 2.75) is 6.04 Å². The fraction of sp³-hybridized carbons (Fsp3) is 0.333. The van der Waals surface area contributed by atoms with Gasteiger partial charge in [-0.1, -0.05) is 11.6 Å². The number of nitrogens with one attached hydrogen (secondary N) is 2. The van der Waals surface area contributed by atoms with Gasteiger partial charge >= 0.3 is 0 Å². The number of anilines is 1. The van der Waals surface area contributed by atoms with Crippen LogP contribution in [0.25, 0.3) is 0 Å². The van der Waals surface area contributed by atoms with Crippen LogP contribution < -0.4 is 10.0 Å². The van der Waals surface area contributed by atoms with Gasteiger partial charge in [0.25, 0.3) is 5.69 Å². The first-order chi connectivity index (χ1) is 8.37. The molecular formula is C9H10ClN3O4S. The molecule has 1 aliphatic heterocycles. The van der Waals surface area contributed by atoms with Crippen LogP contribution in [0.2, 0.25) is 5.02 Å². The predicted molar refractivity (Wildman–Crippen MR) is 67.3 cm³/mol. The summed E-state index contributed by atoms with van der Waals surface area (Å²) < 4.78 is 24.7. The molecule has 18 heavy (non-hydrogen) atoms. The average molecular weight is 292 g/mol. The van der Waals surface area contributed by atoms with Gasteiger partial charge in [0.1, 0.15) is 5.69 Å². The van der Waals surface area contributed by atoms with E-state index in [1.54, 1.807) is 0 Å². The number of halogens is 1. The van der Waals surface area contributed by atoms with Crippen molar-refractivity contribution in [1.82, 2.24) is 4.72 Å². The summed E-state index contributed by atoms with van der Waals surface area (Å²) in [4.78, 5) is 10.3. The number of sulfonamides is 1. The Kier molecular flexibility index (Phi) is 3.42. The SMILES string of the molecule is O=[N+]([O-])c1cc(Cl)ccc1N[C@H]1CNS(=O)(=O)C1. The van der Waals surface area contributed by atoms with Crippen LogP contribution in [-0.4, -0.2) is 31.7 Å². The van der Waals surface area contributed by atoms with E-state index in [9.17, 15) is 18.5 Å². The Bertz CT molecular complexity index is 589. The maximum absolute atomic E-state index is 11.2. The molecule has 0 radical (unpaired) electrons. The van der Waals surface area contributed by atoms with Crippen molar-refractivity contribution in [1.29, 1.82) is 0 Å². The third-order valence-corrected chi connectivity index (χ3v) is 4.17. The third kappa shape index (κ3) is 2.89. The van der Waals surface area contributed by atoms with Gasteiger partial charge in [0.15, 0.2) is 0 Å². The molecule has 1 aliphatic rings. The molecule has 2 N–H and O–H groups in total. The van der Waals surface area contributed by atoms with E-state index in [1.165, 1.54) is 18.2 Å². The van der Waals surface area contributed by atoms with Crippen LogP contribution in [0.3, 0.4) is 0 Å². The van der Waals surface area contributed by atoms with Crippen molar-refractivity contribution in [2.24, 2.45) is 0 Å². The molecule has 1 aromatic carbocycles. The molecule has 0 aromatic heterocycles. The molecule has 1 saturated heterocycles. The Labute approximate surface area is 108 Å². The second-order valence-corrected chi connectivity index (χ2v) is 6.18. The topological polar surface area (TPSA) is 101 Å². The van der Waals surface area contributed by atoms with Crippen LogP contribution in [0.5, 0.6) is 0 Å². The molecule has 1 atom stereocenters. The zero-order valence-corrected chi connectivity index (χ0v) is 10.7. The van der Waals surface area contributed by atoms with Gasteiger partial charge in [-0.05, 0) is 12.1 Å². The smallest absolute Gasteiger partial charge is 0.293 e. The summed E-state index contributed by atoms with van der Waals surface area (Å²) >= 11 is 5.68. The average Bonchev–Trinajstić information content (AvgIpc) is 2.60. The van der Waals surface area contributed by atoms with Gasteiger partial charge in [0, 0.05) is 17.6 Å². The number of hydrogen-bond acceptors (Lipinski definition) is 5. The molecule has 0 aliphatic carbocycles. The molecule has 98 valence electrons. The maximum atomic E-state index is 11.2. The quantitative estimate of drug-likeness (QED) is 0.638. The molecule has 0 amide bonds. The Hall–Kier alpha value is -1.38. The number of nitro groups is 1. The molecule has 1 fully saturated rings. The summed E-state index contributed by atoms with van der Waals surface area (Å²) in [5, 5.41) is 13.9. The molecule has 0 unspecified atom stereocenters. The largest absolute Gasteiger partial charge is 0.374 e. The first-order valence-electron chi connectivity index (χ1n) is 5.05. The molecule has 1 heterocycles. The summed E-state index contributed by atoms with van der Waals surface area (Å²) in [6.07, 6.45) is 0. The molecule has 1 aromatic rings. The minimum Gasteiger partial charge on any atom is -0.374 e. The molecule has 7 nitrogen and oxygen atoms in total. The van der Waals surface area contributed by atoms with Gasteiger partial charge in [-0.3, -0.25) is 10.1 Å². The number of nitro benzene ring substituents is 1. The lowest BCUT2D eigenvalue weighted by Gasteiger charge is -2.11. The van der Waals surface area contributed by atoms with Crippen LogP contribution in [0.15, 0.2) is 18.2 Å². The molecule has 0 spiro atoms. The summed E-state index contributed by atoms with van der Waals surface area (Å²) in [5.41, 5.74) is 0.0834. The van der Waals surface area contributed by atoms with Crippen molar-refractivity contribution >= 4 is 33.0 Å². The van der Waals surface area contributed by atoms with Crippen LogP contribution in [0.4, 0.5) is 11.4 Å². The number of hydrogen-bond donors (Lipinski definition) is 2. The first-order valence-corrected chi connectivity index (χ1v) is 7.08. The highest BCUT2D eigenvalue weighted by atomic mass is 35.5. The highest BCUT2D eigenvalue weighted by Gasteiger charge is 2.28. The van der Waals surface area contributed by atoms with Crippen molar-refractivity contribution in [3.8, 4) is 0 Å². The van der Waals surface area contributed by atoms with Crippen molar-refractivity contribution in [3.63, 3.8) is 0 Å². The highest BCUT2D eigenvalue weighted by Crippen LogP contribution is 2.28. The fourth-order valence-electron chi connectivity index (χ4n) is 1.70. The molecule has 0 bridgehead atoms. The second-order valence-electron chi connectivity index (χ2n) is 3.89. The summed E-state index contributed by atoms with van der Waals surface area (Å²) in [5.74, 6) is -0.104. The second kappa shape index (κ2) is 4.71. The van der Waals surface area contributed by atoms with Crippen LogP contribution in [0.1, 0.15) is 0 Å². The van der Waals surface area contributed by atoms with E-state index < -0.39 is 21.0 Å². The number of nitrogens with zero attached hydrogens (tertiary/aromatic N) is 1. The van der Waals surface area contributed by atoms with E-state index in [0.29, 0.717) is 0 Å². The zero-order chi connectivity index (χ0) is 13.3. The van der Waals surface area contributed by atoms with Crippen LogP contribution in [0, 0.1) is 10.1 Å². The lowest BCUT2D eigenvalue weighted by atomic mass is 10.2. The van der Waals surface area contributed by atoms with Gasteiger partial charge in [-0.2, -0.15) is 0 Å². The standard InChI is InChI=1S/C9H10ClN3O4S/c10-6-1-2-8(9(3-6)13(14)15)12-7-4-11-18(16,17)5-7/h1-3,7,11-12H,4-5H2/t7-/m0/s1. The summed E-state index contributed by atoms with van der Waals surface area (Å²) in [6.45, 7) is 0.210. The van der Waals surface area contributed by atoms with E-state index >= 15 is 0 Å². The van der Waals surface area contributed by atoms with Crippen LogP contribution in [-0.2, 0) is 10.0 Å². The lowest BCUT2D eigenvalue weighted by Crippen LogP contribution is -2.24. The van der Waals surface area contributed by atoms with Crippen molar-refractivity contribution in [2.75, 3.05) is 17.6 Å².